The van der Waals surface area contributed by atoms with Crippen LogP contribution in [0.2, 0.25) is 0 Å². The normalized spacial score (nSPS) is 12.6. The summed E-state index contributed by atoms with van der Waals surface area (Å²) in [4.78, 5) is 61.5. The van der Waals surface area contributed by atoms with Gasteiger partial charge < -0.3 is 10.2 Å². The van der Waals surface area contributed by atoms with Crippen molar-refractivity contribution in [2.45, 2.75) is 0 Å². The molecular weight excluding hydrogens is 380 g/mol. The molecule has 0 aromatic heterocycles. The number of hydrogen-bond acceptors (Lipinski definition) is 6. The molecule has 2 aromatic carbocycles. The van der Waals surface area contributed by atoms with Crippen molar-refractivity contribution < 1.29 is 24.1 Å². The Kier molecular flexibility index (Phi) is 5.09. The predicted molar refractivity (Wildman–Crippen MR) is 102 cm³/mol. The number of benzene rings is 2. The second-order valence-electron chi connectivity index (χ2n) is 6.48. The van der Waals surface area contributed by atoms with Crippen LogP contribution in [-0.2, 0) is 4.79 Å². The lowest BCUT2D eigenvalue weighted by Crippen LogP contribution is -2.37. The Morgan fingerprint density at radius 3 is 2.31 bits per heavy atom. The molecule has 1 aliphatic heterocycles. The first-order valence-corrected chi connectivity index (χ1v) is 8.46. The van der Waals surface area contributed by atoms with Gasteiger partial charge in [0.05, 0.1) is 10.5 Å². The number of nitro groups is 1. The van der Waals surface area contributed by atoms with Gasteiger partial charge in [0.15, 0.2) is 0 Å². The fourth-order valence-corrected chi connectivity index (χ4v) is 2.91. The first kappa shape index (κ1) is 19.7. The highest BCUT2D eigenvalue weighted by Gasteiger charge is 2.41. The summed E-state index contributed by atoms with van der Waals surface area (Å²) in [5.41, 5.74) is -0.108. The lowest BCUT2D eigenvalue weighted by atomic mass is 10.1. The van der Waals surface area contributed by atoms with Gasteiger partial charge in [-0.25, -0.2) is 0 Å². The molecule has 0 atom stereocenters. The van der Waals surface area contributed by atoms with Gasteiger partial charge in [0.2, 0.25) is 5.91 Å². The van der Waals surface area contributed by atoms with Crippen LogP contribution in [0.4, 0.5) is 11.4 Å². The molecule has 2 aromatic rings. The average Bonchev–Trinajstić information content (AvgIpc) is 2.92. The Morgan fingerprint density at radius 2 is 1.72 bits per heavy atom. The topological polar surface area (TPSA) is 130 Å². The van der Waals surface area contributed by atoms with Crippen molar-refractivity contribution in [1.29, 1.82) is 0 Å². The zero-order chi connectivity index (χ0) is 21.3. The molecule has 0 aliphatic carbocycles. The minimum absolute atomic E-state index is 0.108. The summed E-state index contributed by atoms with van der Waals surface area (Å²) in [5.74, 6) is -2.51. The molecule has 0 saturated heterocycles. The van der Waals surface area contributed by atoms with Crippen LogP contribution < -0.4 is 5.32 Å². The predicted octanol–water partition coefficient (Wildman–Crippen LogP) is 1.53. The number of imide groups is 1. The van der Waals surface area contributed by atoms with Gasteiger partial charge in [-0.2, -0.15) is 0 Å². The van der Waals surface area contributed by atoms with Crippen LogP contribution in [-0.4, -0.2) is 59.0 Å². The number of anilines is 1. The summed E-state index contributed by atoms with van der Waals surface area (Å²) in [6.07, 6.45) is 0. The number of carbonyl (C=O) groups excluding carboxylic acids is 4. The summed E-state index contributed by atoms with van der Waals surface area (Å²) in [6.45, 7) is -0.595. The third kappa shape index (κ3) is 3.68. The van der Waals surface area contributed by atoms with Crippen LogP contribution in [0.15, 0.2) is 42.5 Å². The maximum atomic E-state index is 12.5. The molecule has 10 nitrogen and oxygen atoms in total. The number of hydrogen-bond donors (Lipinski definition) is 1. The number of rotatable bonds is 5. The quantitative estimate of drug-likeness (QED) is 0.463. The van der Waals surface area contributed by atoms with E-state index in [9.17, 15) is 29.3 Å². The monoisotopic (exact) mass is 396 g/mol. The number of fused-ring (bicyclic) bond motifs is 1. The average molecular weight is 396 g/mol. The minimum Gasteiger partial charge on any atom is -0.345 e. The Labute approximate surface area is 164 Å². The highest BCUT2D eigenvalue weighted by Crippen LogP contribution is 2.30. The molecule has 0 fully saturated rings. The number of carbonyl (C=O) groups is 4. The first-order chi connectivity index (χ1) is 13.7. The molecular formula is C19H16N4O6. The highest BCUT2D eigenvalue weighted by atomic mass is 16.6. The van der Waals surface area contributed by atoms with Crippen molar-refractivity contribution in [3.63, 3.8) is 0 Å². The van der Waals surface area contributed by atoms with E-state index in [0.717, 1.165) is 6.07 Å². The molecule has 10 heteroatoms. The summed E-state index contributed by atoms with van der Waals surface area (Å²) in [6, 6.07) is 9.84. The van der Waals surface area contributed by atoms with Crippen LogP contribution in [0.5, 0.6) is 0 Å². The third-order valence-corrected chi connectivity index (χ3v) is 4.30. The van der Waals surface area contributed by atoms with Crippen molar-refractivity contribution in [2.24, 2.45) is 0 Å². The maximum Gasteiger partial charge on any atom is 0.282 e. The molecule has 0 spiro atoms. The molecule has 0 unspecified atom stereocenters. The van der Waals surface area contributed by atoms with Gasteiger partial charge in [-0.05, 0) is 30.3 Å². The first-order valence-electron chi connectivity index (χ1n) is 8.46. The molecule has 1 N–H and O–H groups in total. The van der Waals surface area contributed by atoms with Gasteiger partial charge >= 0.3 is 0 Å². The summed E-state index contributed by atoms with van der Waals surface area (Å²) in [5, 5.41) is 13.6. The SMILES string of the molecule is CN(C)C(=O)c1ccc(NC(=O)CN2C(=O)c3cccc([N+](=O)[O-])c3C2=O)cc1. The highest BCUT2D eigenvalue weighted by molar-refractivity contribution is 6.24. The van der Waals surface area contributed by atoms with E-state index < -0.39 is 34.9 Å². The van der Waals surface area contributed by atoms with E-state index in [2.05, 4.69) is 5.32 Å². The Morgan fingerprint density at radius 1 is 1.07 bits per heavy atom. The fraction of sp³-hybridized carbons (Fsp3) is 0.158. The summed E-state index contributed by atoms with van der Waals surface area (Å²) < 4.78 is 0. The van der Waals surface area contributed by atoms with E-state index in [4.69, 9.17) is 0 Å². The molecule has 1 aliphatic rings. The van der Waals surface area contributed by atoms with Crippen molar-refractivity contribution in [3.05, 3.63) is 69.3 Å². The van der Waals surface area contributed by atoms with Crippen LogP contribution >= 0.6 is 0 Å². The second-order valence-corrected chi connectivity index (χ2v) is 6.48. The molecule has 0 radical (unpaired) electrons. The van der Waals surface area contributed by atoms with Crippen molar-refractivity contribution in [2.75, 3.05) is 26.0 Å². The molecule has 4 amide bonds. The Bertz CT molecular complexity index is 1050. The Balaban J connectivity index is 1.72. The van der Waals surface area contributed by atoms with E-state index in [0.29, 0.717) is 16.2 Å². The standard InChI is InChI=1S/C19H16N4O6/c1-21(2)17(25)11-6-8-12(9-7-11)20-15(24)10-22-18(26)13-4-3-5-14(23(28)29)16(13)19(22)27/h3-9H,10H2,1-2H3,(H,20,24). The number of nitrogens with one attached hydrogen (secondary N) is 1. The number of nitrogens with zero attached hydrogens (tertiary/aromatic N) is 3. The van der Waals surface area contributed by atoms with Gasteiger partial charge in [-0.1, -0.05) is 6.07 Å². The number of amides is 4. The lowest BCUT2D eigenvalue weighted by Gasteiger charge is -2.14. The van der Waals surface area contributed by atoms with Crippen LogP contribution in [0, 0.1) is 10.1 Å². The van der Waals surface area contributed by atoms with Crippen LogP contribution in [0.25, 0.3) is 0 Å². The van der Waals surface area contributed by atoms with E-state index in [1.165, 1.54) is 41.3 Å². The Hall–Kier alpha value is -4.08. The zero-order valence-electron chi connectivity index (χ0n) is 15.5. The minimum atomic E-state index is -0.889. The van der Waals surface area contributed by atoms with E-state index >= 15 is 0 Å². The number of nitro benzene ring substituents is 1. The molecule has 1 heterocycles. The smallest absolute Gasteiger partial charge is 0.282 e. The maximum absolute atomic E-state index is 12.5. The van der Waals surface area contributed by atoms with E-state index in [1.54, 1.807) is 14.1 Å². The summed E-state index contributed by atoms with van der Waals surface area (Å²) in [7, 11) is 3.23. The lowest BCUT2D eigenvalue weighted by molar-refractivity contribution is -0.385. The van der Waals surface area contributed by atoms with Crippen LogP contribution in [0.1, 0.15) is 31.1 Å². The molecule has 3 rings (SSSR count). The molecule has 148 valence electrons. The van der Waals surface area contributed by atoms with Crippen molar-refractivity contribution >= 4 is 35.0 Å². The van der Waals surface area contributed by atoms with Gasteiger partial charge in [-0.15, -0.1) is 0 Å². The van der Waals surface area contributed by atoms with Gasteiger partial charge in [0.1, 0.15) is 12.1 Å². The van der Waals surface area contributed by atoms with Gasteiger partial charge in [-0.3, -0.25) is 34.2 Å². The second kappa shape index (κ2) is 7.50. The van der Waals surface area contributed by atoms with E-state index in [-0.39, 0.29) is 17.0 Å². The van der Waals surface area contributed by atoms with Crippen molar-refractivity contribution in [3.8, 4) is 0 Å². The molecule has 29 heavy (non-hydrogen) atoms. The molecule has 0 bridgehead atoms. The van der Waals surface area contributed by atoms with Crippen LogP contribution in [0.3, 0.4) is 0 Å². The summed E-state index contributed by atoms with van der Waals surface area (Å²) >= 11 is 0. The zero-order valence-corrected chi connectivity index (χ0v) is 15.5. The van der Waals surface area contributed by atoms with E-state index in [1.807, 2.05) is 0 Å². The fourth-order valence-electron chi connectivity index (χ4n) is 2.91. The van der Waals surface area contributed by atoms with Crippen molar-refractivity contribution in [1.82, 2.24) is 9.80 Å². The van der Waals surface area contributed by atoms with Gasteiger partial charge in [0.25, 0.3) is 23.4 Å². The third-order valence-electron chi connectivity index (χ3n) is 4.30. The van der Waals surface area contributed by atoms with Gasteiger partial charge in [0, 0.05) is 31.4 Å². The molecule has 0 saturated carbocycles. The largest absolute Gasteiger partial charge is 0.345 e.